The Bertz CT molecular complexity index is 536. The maximum atomic E-state index is 6.21. The van der Waals surface area contributed by atoms with Gasteiger partial charge in [0, 0.05) is 30.5 Å². The lowest BCUT2D eigenvalue weighted by Gasteiger charge is -2.11. The van der Waals surface area contributed by atoms with E-state index < -0.39 is 0 Å². The van der Waals surface area contributed by atoms with Gasteiger partial charge in [0.05, 0.1) is 5.69 Å². The third-order valence-electron chi connectivity index (χ3n) is 3.23. The predicted octanol–water partition coefficient (Wildman–Crippen LogP) is 2.28. The first-order chi connectivity index (χ1) is 9.08. The highest BCUT2D eigenvalue weighted by Gasteiger charge is 2.14. The van der Waals surface area contributed by atoms with E-state index in [2.05, 4.69) is 10.1 Å². The van der Waals surface area contributed by atoms with Crippen molar-refractivity contribution in [2.45, 2.75) is 32.2 Å². The van der Waals surface area contributed by atoms with E-state index >= 15 is 0 Å². The van der Waals surface area contributed by atoms with Crippen LogP contribution in [0.25, 0.3) is 0 Å². The average Bonchev–Trinajstić information content (AvgIpc) is 2.64. The normalized spacial score (nSPS) is 12.6. The quantitative estimate of drug-likeness (QED) is 0.913. The molecule has 1 unspecified atom stereocenters. The van der Waals surface area contributed by atoms with E-state index in [0.717, 1.165) is 36.2 Å². The summed E-state index contributed by atoms with van der Waals surface area (Å²) in [5, 5.41) is 4.98. The van der Waals surface area contributed by atoms with E-state index in [1.165, 1.54) is 0 Å². The van der Waals surface area contributed by atoms with Crippen molar-refractivity contribution in [2.24, 2.45) is 12.8 Å². The van der Waals surface area contributed by atoms with Gasteiger partial charge in [-0.1, -0.05) is 17.7 Å². The van der Waals surface area contributed by atoms with Gasteiger partial charge in [0.2, 0.25) is 0 Å². The van der Waals surface area contributed by atoms with Crippen LogP contribution in [0.1, 0.15) is 23.4 Å². The molecule has 2 aromatic heterocycles. The Balaban J connectivity index is 1.92. The summed E-state index contributed by atoms with van der Waals surface area (Å²) in [6.45, 7) is 1.96. The zero-order valence-corrected chi connectivity index (χ0v) is 12.1. The molecule has 0 bridgehead atoms. The molecule has 4 nitrogen and oxygen atoms in total. The van der Waals surface area contributed by atoms with Crippen molar-refractivity contribution < 1.29 is 0 Å². The molecule has 0 amide bonds. The number of nitrogens with two attached hydrogens (primary N) is 1. The molecule has 0 aliphatic carbocycles. The summed E-state index contributed by atoms with van der Waals surface area (Å²) >= 11 is 6.21. The SMILES string of the molecule is Cc1nn(C)c(Cl)c1CC(N)CCc1ccccn1. The molecule has 2 aromatic rings. The fraction of sp³-hybridized carbons (Fsp3) is 0.429. The van der Waals surface area contributed by atoms with Crippen LogP contribution in [0, 0.1) is 6.92 Å². The Labute approximate surface area is 118 Å². The van der Waals surface area contributed by atoms with Crippen LogP contribution in [0.4, 0.5) is 0 Å². The van der Waals surface area contributed by atoms with Gasteiger partial charge in [0.1, 0.15) is 5.15 Å². The molecular formula is C14H19ClN4. The molecule has 1 atom stereocenters. The van der Waals surface area contributed by atoms with E-state index in [4.69, 9.17) is 17.3 Å². The zero-order valence-electron chi connectivity index (χ0n) is 11.3. The number of rotatable bonds is 5. The number of hydrogen-bond acceptors (Lipinski definition) is 3. The van der Waals surface area contributed by atoms with Gasteiger partial charge in [0.25, 0.3) is 0 Å². The van der Waals surface area contributed by atoms with Crippen molar-refractivity contribution in [3.63, 3.8) is 0 Å². The van der Waals surface area contributed by atoms with Crippen LogP contribution < -0.4 is 5.73 Å². The second kappa shape index (κ2) is 6.17. The maximum absolute atomic E-state index is 6.21. The summed E-state index contributed by atoms with van der Waals surface area (Å²) in [6, 6.07) is 6.01. The van der Waals surface area contributed by atoms with Gasteiger partial charge in [-0.15, -0.1) is 0 Å². The Morgan fingerprint density at radius 1 is 1.42 bits per heavy atom. The van der Waals surface area contributed by atoms with Crippen molar-refractivity contribution in [3.05, 3.63) is 46.5 Å². The maximum Gasteiger partial charge on any atom is 0.130 e. The topological polar surface area (TPSA) is 56.7 Å². The zero-order chi connectivity index (χ0) is 13.8. The first-order valence-electron chi connectivity index (χ1n) is 6.41. The number of hydrogen-bond donors (Lipinski definition) is 1. The number of nitrogens with zero attached hydrogens (tertiary/aromatic N) is 3. The Hall–Kier alpha value is -1.39. The van der Waals surface area contributed by atoms with Gasteiger partial charge in [-0.05, 0) is 38.3 Å². The molecule has 2 N–H and O–H groups in total. The van der Waals surface area contributed by atoms with Crippen LogP contribution in [0.5, 0.6) is 0 Å². The summed E-state index contributed by atoms with van der Waals surface area (Å²) < 4.78 is 1.69. The highest BCUT2D eigenvalue weighted by molar-refractivity contribution is 6.30. The van der Waals surface area contributed by atoms with E-state index in [1.807, 2.05) is 38.4 Å². The minimum Gasteiger partial charge on any atom is -0.327 e. The Morgan fingerprint density at radius 3 is 2.79 bits per heavy atom. The van der Waals surface area contributed by atoms with Gasteiger partial charge < -0.3 is 5.73 Å². The standard InChI is InChI=1S/C14H19ClN4/c1-10-13(14(15)19(2)18-10)9-11(16)6-7-12-5-3-4-8-17-12/h3-5,8,11H,6-7,9,16H2,1-2H3. The van der Waals surface area contributed by atoms with E-state index in [1.54, 1.807) is 4.68 Å². The molecule has 0 fully saturated rings. The monoisotopic (exact) mass is 278 g/mol. The van der Waals surface area contributed by atoms with Gasteiger partial charge in [-0.3, -0.25) is 9.67 Å². The lowest BCUT2D eigenvalue weighted by Crippen LogP contribution is -2.24. The van der Waals surface area contributed by atoms with Gasteiger partial charge in [-0.2, -0.15) is 5.10 Å². The Kier molecular flexibility index (Phi) is 4.56. The molecule has 0 aliphatic rings. The lowest BCUT2D eigenvalue weighted by molar-refractivity contribution is 0.604. The Morgan fingerprint density at radius 2 is 2.21 bits per heavy atom. The first-order valence-corrected chi connectivity index (χ1v) is 6.79. The predicted molar refractivity (Wildman–Crippen MR) is 77.2 cm³/mol. The summed E-state index contributed by atoms with van der Waals surface area (Å²) in [7, 11) is 1.85. The molecule has 0 aliphatic heterocycles. The largest absolute Gasteiger partial charge is 0.327 e. The highest BCUT2D eigenvalue weighted by Crippen LogP contribution is 2.20. The van der Waals surface area contributed by atoms with Crippen LogP contribution in [-0.4, -0.2) is 20.8 Å². The molecule has 2 rings (SSSR count). The molecule has 0 radical (unpaired) electrons. The van der Waals surface area contributed by atoms with Crippen molar-refractivity contribution in [2.75, 3.05) is 0 Å². The molecule has 0 spiro atoms. The van der Waals surface area contributed by atoms with Gasteiger partial charge in [-0.25, -0.2) is 0 Å². The van der Waals surface area contributed by atoms with Crippen LogP contribution >= 0.6 is 11.6 Å². The molecule has 0 aromatic carbocycles. The summed E-state index contributed by atoms with van der Waals surface area (Å²) in [5.74, 6) is 0. The summed E-state index contributed by atoms with van der Waals surface area (Å²) in [6.07, 6.45) is 4.34. The minimum absolute atomic E-state index is 0.0717. The minimum atomic E-state index is 0.0717. The summed E-state index contributed by atoms with van der Waals surface area (Å²) in [4.78, 5) is 4.30. The van der Waals surface area contributed by atoms with E-state index in [9.17, 15) is 0 Å². The number of aromatic nitrogens is 3. The van der Waals surface area contributed by atoms with Crippen molar-refractivity contribution in [1.82, 2.24) is 14.8 Å². The van der Waals surface area contributed by atoms with Gasteiger partial charge in [0.15, 0.2) is 0 Å². The second-order valence-corrected chi connectivity index (χ2v) is 5.16. The van der Waals surface area contributed by atoms with Gasteiger partial charge >= 0.3 is 0 Å². The van der Waals surface area contributed by atoms with Crippen LogP contribution in [0.3, 0.4) is 0 Å². The molecular weight excluding hydrogens is 260 g/mol. The number of halogens is 1. The molecule has 5 heteroatoms. The molecule has 2 heterocycles. The van der Waals surface area contributed by atoms with E-state index in [0.29, 0.717) is 5.15 Å². The first kappa shape index (κ1) is 14.0. The van der Waals surface area contributed by atoms with Crippen molar-refractivity contribution in [1.29, 1.82) is 0 Å². The van der Waals surface area contributed by atoms with Crippen LogP contribution in [0.2, 0.25) is 5.15 Å². The molecule has 19 heavy (non-hydrogen) atoms. The van der Waals surface area contributed by atoms with Crippen LogP contribution in [-0.2, 0) is 19.9 Å². The third kappa shape index (κ3) is 3.55. The van der Waals surface area contributed by atoms with Crippen molar-refractivity contribution >= 4 is 11.6 Å². The second-order valence-electron chi connectivity index (χ2n) is 4.80. The highest BCUT2D eigenvalue weighted by atomic mass is 35.5. The summed E-state index contributed by atoms with van der Waals surface area (Å²) in [5.41, 5.74) is 9.27. The van der Waals surface area contributed by atoms with Crippen LogP contribution in [0.15, 0.2) is 24.4 Å². The fourth-order valence-corrected chi connectivity index (χ4v) is 2.40. The van der Waals surface area contributed by atoms with E-state index in [-0.39, 0.29) is 6.04 Å². The molecule has 0 saturated heterocycles. The lowest BCUT2D eigenvalue weighted by atomic mass is 10.0. The van der Waals surface area contributed by atoms with Crippen molar-refractivity contribution in [3.8, 4) is 0 Å². The molecule has 0 saturated carbocycles. The molecule has 102 valence electrons. The average molecular weight is 279 g/mol. The third-order valence-corrected chi connectivity index (χ3v) is 3.71. The number of aryl methyl sites for hydroxylation is 3. The number of pyridine rings is 1. The fourth-order valence-electron chi connectivity index (χ4n) is 2.15. The smallest absolute Gasteiger partial charge is 0.130 e.